The van der Waals surface area contributed by atoms with Crippen molar-refractivity contribution in [3.8, 4) is 11.5 Å². The fraction of sp³-hybridized carbons (Fsp3) is 0.222. The van der Waals surface area contributed by atoms with Crippen molar-refractivity contribution >= 4 is 34.9 Å². The van der Waals surface area contributed by atoms with Crippen molar-refractivity contribution in [2.75, 3.05) is 19.9 Å². The van der Waals surface area contributed by atoms with Crippen LogP contribution in [0, 0.1) is 6.92 Å². The number of benzene rings is 1. The van der Waals surface area contributed by atoms with Gasteiger partial charge in [-0.05, 0) is 42.5 Å². The third-order valence-corrected chi connectivity index (χ3v) is 4.96. The van der Waals surface area contributed by atoms with Gasteiger partial charge in [-0.25, -0.2) is 0 Å². The van der Waals surface area contributed by atoms with Gasteiger partial charge in [0.25, 0.3) is 17.1 Å². The summed E-state index contributed by atoms with van der Waals surface area (Å²) in [4.78, 5) is 38.0. The second-order valence-corrected chi connectivity index (χ2v) is 7.02. The molecule has 1 fully saturated rings. The third-order valence-electron chi connectivity index (χ3n) is 4.05. The van der Waals surface area contributed by atoms with Crippen molar-refractivity contribution in [1.29, 1.82) is 0 Å². The highest BCUT2D eigenvalue weighted by Crippen LogP contribution is 2.36. The number of ether oxygens (including phenoxy) is 2. The molecule has 0 spiro atoms. The molecular formula is C18H15N3O6S. The van der Waals surface area contributed by atoms with Crippen LogP contribution >= 0.6 is 11.8 Å². The molecule has 2 aromatic rings. The van der Waals surface area contributed by atoms with Crippen molar-refractivity contribution in [1.82, 2.24) is 15.4 Å². The highest BCUT2D eigenvalue weighted by atomic mass is 32.2. The van der Waals surface area contributed by atoms with E-state index < -0.39 is 11.8 Å². The van der Waals surface area contributed by atoms with Gasteiger partial charge in [-0.2, -0.15) is 0 Å². The Kier molecular flexibility index (Phi) is 4.78. The predicted molar refractivity (Wildman–Crippen MR) is 98.8 cm³/mol. The zero-order valence-electron chi connectivity index (χ0n) is 14.8. The summed E-state index contributed by atoms with van der Waals surface area (Å²) in [5, 5.41) is 5.83. The Labute approximate surface area is 163 Å². The van der Waals surface area contributed by atoms with Gasteiger partial charge in [0.1, 0.15) is 5.76 Å². The number of fused-ring (bicyclic) bond motifs is 1. The minimum absolute atomic E-state index is 0.0612. The lowest BCUT2D eigenvalue weighted by Gasteiger charge is -2.12. The SMILES string of the molecule is Cc1cc(C(=O)NCCN2C(=O)S/C(=C/c3ccc4c(c3)OCO4)C2=O)no1. The number of carbonyl (C=O) groups excluding carboxylic acids is 3. The van der Waals surface area contributed by atoms with Gasteiger partial charge in [0.15, 0.2) is 17.2 Å². The van der Waals surface area contributed by atoms with E-state index in [-0.39, 0.29) is 30.8 Å². The first kappa shape index (κ1) is 18.1. The molecule has 3 amide bonds. The number of nitrogens with zero attached hydrogens (tertiary/aromatic N) is 2. The molecule has 0 aliphatic carbocycles. The van der Waals surface area contributed by atoms with E-state index in [1.165, 1.54) is 6.07 Å². The molecule has 0 bridgehead atoms. The second kappa shape index (κ2) is 7.39. The maximum atomic E-state index is 12.5. The Balaban J connectivity index is 1.38. The third kappa shape index (κ3) is 3.58. The van der Waals surface area contributed by atoms with E-state index in [4.69, 9.17) is 14.0 Å². The number of nitrogens with one attached hydrogen (secondary N) is 1. The van der Waals surface area contributed by atoms with Crippen LogP contribution in [0.2, 0.25) is 0 Å². The average Bonchev–Trinajstić information content (AvgIpc) is 3.37. The van der Waals surface area contributed by atoms with Gasteiger partial charge in [-0.3, -0.25) is 19.3 Å². The molecule has 2 aliphatic rings. The van der Waals surface area contributed by atoms with Crippen LogP contribution < -0.4 is 14.8 Å². The van der Waals surface area contributed by atoms with Crippen molar-refractivity contribution in [3.05, 3.63) is 46.2 Å². The van der Waals surface area contributed by atoms with E-state index in [9.17, 15) is 14.4 Å². The van der Waals surface area contributed by atoms with Crippen LogP contribution in [0.15, 0.2) is 33.7 Å². The van der Waals surface area contributed by atoms with E-state index in [1.54, 1.807) is 31.2 Å². The first-order valence-electron chi connectivity index (χ1n) is 8.38. The number of aryl methyl sites for hydroxylation is 1. The fourth-order valence-electron chi connectivity index (χ4n) is 2.69. The smallest absolute Gasteiger partial charge is 0.293 e. The van der Waals surface area contributed by atoms with Crippen LogP contribution in [0.1, 0.15) is 21.8 Å². The summed E-state index contributed by atoms with van der Waals surface area (Å²) in [6.45, 7) is 2.01. The van der Waals surface area contributed by atoms with E-state index in [0.29, 0.717) is 22.2 Å². The quantitative estimate of drug-likeness (QED) is 0.759. The number of hydrogen-bond acceptors (Lipinski definition) is 8. The first-order chi connectivity index (χ1) is 13.5. The standard InChI is InChI=1S/C18H15N3O6S/c1-10-6-12(20-27-10)16(22)19-4-5-21-17(23)15(28-18(21)24)8-11-2-3-13-14(7-11)26-9-25-13/h2-3,6-8H,4-5,9H2,1H3,(H,19,22)/b15-8+. The molecule has 9 nitrogen and oxygen atoms in total. The second-order valence-electron chi connectivity index (χ2n) is 6.02. The molecule has 0 saturated carbocycles. The minimum atomic E-state index is -0.431. The zero-order chi connectivity index (χ0) is 19.7. The lowest BCUT2D eigenvalue weighted by atomic mass is 10.2. The Morgan fingerprint density at radius 3 is 2.89 bits per heavy atom. The molecule has 28 heavy (non-hydrogen) atoms. The van der Waals surface area contributed by atoms with E-state index in [2.05, 4.69) is 10.5 Å². The molecule has 1 N–H and O–H groups in total. The van der Waals surface area contributed by atoms with E-state index in [1.807, 2.05) is 0 Å². The van der Waals surface area contributed by atoms with E-state index >= 15 is 0 Å². The summed E-state index contributed by atoms with van der Waals surface area (Å²) >= 11 is 0.855. The van der Waals surface area contributed by atoms with Crippen LogP contribution in [0.3, 0.4) is 0 Å². The first-order valence-corrected chi connectivity index (χ1v) is 9.19. The van der Waals surface area contributed by atoms with E-state index in [0.717, 1.165) is 22.2 Å². The van der Waals surface area contributed by atoms with Gasteiger partial charge in [0, 0.05) is 19.2 Å². The summed E-state index contributed by atoms with van der Waals surface area (Å²) in [7, 11) is 0. The van der Waals surface area contributed by atoms with Crippen molar-refractivity contribution in [2.45, 2.75) is 6.92 Å². The average molecular weight is 401 g/mol. The molecule has 1 saturated heterocycles. The molecule has 10 heteroatoms. The van der Waals surface area contributed by atoms with Crippen molar-refractivity contribution in [2.24, 2.45) is 0 Å². The Hall–Kier alpha value is -3.27. The molecule has 0 unspecified atom stereocenters. The minimum Gasteiger partial charge on any atom is -0.454 e. The molecule has 4 rings (SSSR count). The maximum Gasteiger partial charge on any atom is 0.293 e. The Bertz CT molecular complexity index is 999. The van der Waals surface area contributed by atoms with Gasteiger partial charge in [-0.1, -0.05) is 11.2 Å². The van der Waals surface area contributed by atoms with Crippen LogP contribution in [-0.4, -0.2) is 47.0 Å². The predicted octanol–water partition coefficient (Wildman–Crippen LogP) is 2.18. The highest BCUT2D eigenvalue weighted by Gasteiger charge is 2.34. The molecule has 144 valence electrons. The van der Waals surface area contributed by atoms with Gasteiger partial charge in [0.2, 0.25) is 6.79 Å². The largest absolute Gasteiger partial charge is 0.454 e. The van der Waals surface area contributed by atoms with Gasteiger partial charge in [0.05, 0.1) is 4.91 Å². The molecule has 2 aliphatic heterocycles. The molecular weight excluding hydrogens is 386 g/mol. The Morgan fingerprint density at radius 1 is 1.29 bits per heavy atom. The van der Waals surface area contributed by atoms with Crippen LogP contribution in [0.5, 0.6) is 11.5 Å². The summed E-state index contributed by atoms with van der Waals surface area (Å²) < 4.78 is 15.4. The highest BCUT2D eigenvalue weighted by molar-refractivity contribution is 8.18. The lowest BCUT2D eigenvalue weighted by molar-refractivity contribution is -0.122. The van der Waals surface area contributed by atoms with Crippen LogP contribution in [0.4, 0.5) is 4.79 Å². The lowest BCUT2D eigenvalue weighted by Crippen LogP contribution is -2.37. The number of thioether (sulfide) groups is 1. The number of amides is 3. The molecule has 1 aromatic heterocycles. The van der Waals surface area contributed by atoms with Crippen LogP contribution in [-0.2, 0) is 4.79 Å². The summed E-state index contributed by atoms with van der Waals surface area (Å²) in [5.74, 6) is 0.922. The number of hydrogen-bond donors (Lipinski definition) is 1. The molecule has 3 heterocycles. The summed E-state index contributed by atoms with van der Waals surface area (Å²) in [6.07, 6.45) is 1.63. The van der Waals surface area contributed by atoms with Crippen LogP contribution in [0.25, 0.3) is 6.08 Å². The van der Waals surface area contributed by atoms with Gasteiger partial charge >= 0.3 is 0 Å². The number of rotatable bonds is 5. The maximum absolute atomic E-state index is 12.5. The topological polar surface area (TPSA) is 111 Å². The number of imide groups is 1. The number of aromatic nitrogens is 1. The molecule has 1 aromatic carbocycles. The number of carbonyl (C=O) groups is 3. The summed E-state index contributed by atoms with van der Waals surface area (Å²) in [5.41, 5.74) is 0.874. The fourth-order valence-corrected chi connectivity index (χ4v) is 3.56. The molecule has 0 atom stereocenters. The zero-order valence-corrected chi connectivity index (χ0v) is 15.6. The monoisotopic (exact) mass is 401 g/mol. The Morgan fingerprint density at radius 2 is 2.11 bits per heavy atom. The van der Waals surface area contributed by atoms with Gasteiger partial charge < -0.3 is 19.3 Å². The summed E-state index contributed by atoms with van der Waals surface area (Å²) in [6, 6.07) is 6.78. The molecule has 0 radical (unpaired) electrons. The van der Waals surface area contributed by atoms with Gasteiger partial charge in [-0.15, -0.1) is 0 Å². The normalized spacial score (nSPS) is 16.9. The van der Waals surface area contributed by atoms with Crippen molar-refractivity contribution in [3.63, 3.8) is 0 Å². The van der Waals surface area contributed by atoms with Crippen molar-refractivity contribution < 1.29 is 28.4 Å².